The molecule has 8 heteroatoms. The lowest BCUT2D eigenvalue weighted by atomic mass is 10.2. The van der Waals surface area contributed by atoms with Crippen molar-refractivity contribution in [2.24, 2.45) is 10.7 Å². The van der Waals surface area contributed by atoms with Crippen molar-refractivity contribution in [1.82, 2.24) is 9.88 Å². The molecule has 1 saturated heterocycles. The van der Waals surface area contributed by atoms with Crippen LogP contribution in [0.25, 0.3) is 0 Å². The largest absolute Gasteiger partial charge is 0.370 e. The minimum absolute atomic E-state index is 0. The summed E-state index contributed by atoms with van der Waals surface area (Å²) in [6, 6.07) is 13.8. The van der Waals surface area contributed by atoms with Crippen molar-refractivity contribution in [3.05, 3.63) is 54.2 Å². The van der Waals surface area contributed by atoms with E-state index in [-0.39, 0.29) is 29.9 Å². The fraction of sp³-hybridized carbons (Fsp3) is 0.350. The van der Waals surface area contributed by atoms with Crippen LogP contribution in [0.2, 0.25) is 0 Å². The van der Waals surface area contributed by atoms with Crippen LogP contribution >= 0.6 is 24.0 Å². The first-order chi connectivity index (χ1) is 13.1. The highest BCUT2D eigenvalue weighted by atomic mass is 127. The van der Waals surface area contributed by atoms with Gasteiger partial charge in [-0.3, -0.25) is 9.79 Å². The highest BCUT2D eigenvalue weighted by Crippen LogP contribution is 2.13. The summed E-state index contributed by atoms with van der Waals surface area (Å²) < 4.78 is 0. The predicted molar refractivity (Wildman–Crippen MR) is 124 cm³/mol. The molecule has 2 aromatic rings. The molecule has 1 aromatic carbocycles. The molecular formula is C20H27IN6O. The molecule has 0 radical (unpaired) electrons. The zero-order valence-corrected chi connectivity index (χ0v) is 18.4. The summed E-state index contributed by atoms with van der Waals surface area (Å²) >= 11 is 0. The Bertz CT molecular complexity index is 773. The first-order valence-corrected chi connectivity index (χ1v) is 9.19. The molecule has 0 unspecified atom stereocenters. The third-order valence-electron chi connectivity index (χ3n) is 4.54. The Morgan fingerprint density at radius 2 is 1.86 bits per heavy atom. The normalized spacial score (nSPS) is 14.4. The van der Waals surface area contributed by atoms with Crippen LogP contribution in [0.3, 0.4) is 0 Å². The molecule has 3 rings (SSSR count). The fourth-order valence-corrected chi connectivity index (χ4v) is 2.98. The number of hydrogen-bond acceptors (Lipinski definition) is 4. The van der Waals surface area contributed by atoms with Crippen molar-refractivity contribution < 1.29 is 4.79 Å². The van der Waals surface area contributed by atoms with E-state index in [0.717, 1.165) is 24.6 Å². The van der Waals surface area contributed by atoms with Crippen LogP contribution in [0, 0.1) is 6.92 Å². The number of piperazine rings is 1. The van der Waals surface area contributed by atoms with Gasteiger partial charge in [-0.25, -0.2) is 4.98 Å². The molecule has 0 atom stereocenters. The Balaban J connectivity index is 0.00000280. The lowest BCUT2D eigenvalue weighted by molar-refractivity contribution is -0.131. The number of nitrogens with zero attached hydrogens (tertiary/aromatic N) is 4. The van der Waals surface area contributed by atoms with Gasteiger partial charge in [0.15, 0.2) is 5.96 Å². The van der Waals surface area contributed by atoms with Gasteiger partial charge < -0.3 is 20.9 Å². The molecule has 1 aliphatic heterocycles. The number of amides is 1. The van der Waals surface area contributed by atoms with Gasteiger partial charge >= 0.3 is 0 Å². The molecule has 28 heavy (non-hydrogen) atoms. The molecule has 7 nitrogen and oxygen atoms in total. The number of benzene rings is 1. The van der Waals surface area contributed by atoms with Crippen LogP contribution in [0.4, 0.5) is 11.5 Å². The van der Waals surface area contributed by atoms with E-state index >= 15 is 0 Å². The van der Waals surface area contributed by atoms with Gasteiger partial charge in [-0.15, -0.1) is 24.0 Å². The highest BCUT2D eigenvalue weighted by Gasteiger charge is 2.21. The molecule has 1 aromatic heterocycles. The van der Waals surface area contributed by atoms with E-state index < -0.39 is 0 Å². The number of aromatic nitrogens is 1. The molecule has 1 fully saturated rings. The summed E-state index contributed by atoms with van der Waals surface area (Å²) in [7, 11) is 0. The van der Waals surface area contributed by atoms with E-state index in [4.69, 9.17) is 5.73 Å². The Labute approximate surface area is 183 Å². The van der Waals surface area contributed by atoms with Crippen molar-refractivity contribution >= 4 is 47.3 Å². The van der Waals surface area contributed by atoms with Crippen LogP contribution in [-0.4, -0.2) is 54.5 Å². The van der Waals surface area contributed by atoms with Gasteiger partial charge in [0.05, 0.1) is 6.54 Å². The molecule has 0 saturated carbocycles. The number of aryl methyl sites for hydroxylation is 1. The quantitative estimate of drug-likeness (QED) is 0.379. The second kappa shape index (κ2) is 10.8. The summed E-state index contributed by atoms with van der Waals surface area (Å²) in [5.41, 5.74) is 7.96. The van der Waals surface area contributed by atoms with Crippen molar-refractivity contribution in [2.75, 3.05) is 42.9 Å². The maximum atomic E-state index is 12.4. The molecule has 0 aliphatic carbocycles. The molecule has 0 bridgehead atoms. The number of halogens is 1. The van der Waals surface area contributed by atoms with Crippen LogP contribution in [-0.2, 0) is 4.79 Å². The average molecular weight is 494 g/mol. The van der Waals surface area contributed by atoms with Crippen LogP contribution < -0.4 is 16.0 Å². The van der Waals surface area contributed by atoms with Gasteiger partial charge in [0.2, 0.25) is 5.91 Å². The van der Waals surface area contributed by atoms with E-state index in [9.17, 15) is 4.79 Å². The van der Waals surface area contributed by atoms with Crippen molar-refractivity contribution in [3.63, 3.8) is 0 Å². The van der Waals surface area contributed by atoms with E-state index in [2.05, 4.69) is 20.2 Å². The van der Waals surface area contributed by atoms with Gasteiger partial charge in [0.25, 0.3) is 0 Å². The monoisotopic (exact) mass is 494 g/mol. The lowest BCUT2D eigenvalue weighted by Crippen LogP contribution is -2.49. The lowest BCUT2D eigenvalue weighted by Gasteiger charge is -2.35. The number of nitrogens with two attached hydrogens (primary N) is 1. The van der Waals surface area contributed by atoms with Gasteiger partial charge in [0, 0.05) is 44.5 Å². The minimum Gasteiger partial charge on any atom is -0.370 e. The number of rotatable bonds is 5. The van der Waals surface area contributed by atoms with Gasteiger partial charge in [-0.05, 0) is 31.2 Å². The zero-order chi connectivity index (χ0) is 19.1. The molecule has 2 heterocycles. The number of hydrogen-bond donors (Lipinski definition) is 2. The topological polar surface area (TPSA) is 86.8 Å². The van der Waals surface area contributed by atoms with Crippen molar-refractivity contribution in [1.29, 1.82) is 0 Å². The van der Waals surface area contributed by atoms with Gasteiger partial charge in [-0.2, -0.15) is 0 Å². The second-order valence-corrected chi connectivity index (χ2v) is 6.56. The fourth-order valence-electron chi connectivity index (χ4n) is 2.98. The zero-order valence-electron chi connectivity index (χ0n) is 16.0. The Kier molecular flexibility index (Phi) is 8.49. The second-order valence-electron chi connectivity index (χ2n) is 6.56. The molecule has 150 valence electrons. The van der Waals surface area contributed by atoms with Gasteiger partial charge in [-0.1, -0.05) is 23.8 Å². The summed E-state index contributed by atoms with van der Waals surface area (Å²) in [6.45, 7) is 5.41. The van der Waals surface area contributed by atoms with Crippen LogP contribution in [0.15, 0.2) is 53.7 Å². The van der Waals surface area contributed by atoms with Crippen LogP contribution in [0.5, 0.6) is 0 Å². The average Bonchev–Trinajstić information content (AvgIpc) is 2.70. The Hall–Kier alpha value is -2.36. The maximum absolute atomic E-state index is 12.4. The number of pyridine rings is 1. The number of aliphatic imine (C=N–C) groups is 1. The molecule has 1 amide bonds. The standard InChI is InChI=1S/C20H26N6O.HI/c1-16-5-7-17(8-6-16)24-20(21)23-11-9-19(27)26-14-12-25(13-15-26)18-4-2-3-10-22-18;/h2-8,10H,9,11-15H2,1H3,(H3,21,23,24);1H. The Morgan fingerprint density at radius 3 is 2.50 bits per heavy atom. The maximum Gasteiger partial charge on any atom is 0.224 e. The van der Waals surface area contributed by atoms with E-state index in [1.54, 1.807) is 6.20 Å². The Morgan fingerprint density at radius 1 is 1.14 bits per heavy atom. The third kappa shape index (κ3) is 6.36. The van der Waals surface area contributed by atoms with Crippen molar-refractivity contribution in [2.45, 2.75) is 13.3 Å². The van der Waals surface area contributed by atoms with E-state index in [1.165, 1.54) is 5.56 Å². The van der Waals surface area contributed by atoms with Crippen molar-refractivity contribution in [3.8, 4) is 0 Å². The first kappa shape index (κ1) is 21.9. The molecular weight excluding hydrogens is 467 g/mol. The molecule has 0 spiro atoms. The van der Waals surface area contributed by atoms with Gasteiger partial charge in [0.1, 0.15) is 5.82 Å². The third-order valence-corrected chi connectivity index (χ3v) is 4.54. The summed E-state index contributed by atoms with van der Waals surface area (Å²) in [4.78, 5) is 25.1. The molecule has 3 N–H and O–H groups in total. The predicted octanol–water partition coefficient (Wildman–Crippen LogP) is 2.47. The summed E-state index contributed by atoms with van der Waals surface area (Å²) in [5, 5.41) is 3.04. The number of guanidine groups is 1. The SMILES string of the molecule is Cc1ccc(NC(N)=NCCC(=O)N2CCN(c3ccccn3)CC2)cc1.I. The molecule has 1 aliphatic rings. The number of carbonyl (C=O) groups is 1. The van der Waals surface area contributed by atoms with E-state index in [1.807, 2.05) is 54.3 Å². The van der Waals surface area contributed by atoms with Crippen LogP contribution in [0.1, 0.15) is 12.0 Å². The van der Waals surface area contributed by atoms with E-state index in [0.29, 0.717) is 32.0 Å². The summed E-state index contributed by atoms with van der Waals surface area (Å²) in [5.74, 6) is 1.40. The first-order valence-electron chi connectivity index (χ1n) is 9.19. The number of anilines is 2. The number of carbonyl (C=O) groups excluding carboxylic acids is 1. The minimum atomic E-state index is 0. The smallest absolute Gasteiger partial charge is 0.224 e. The number of nitrogens with one attached hydrogen (secondary N) is 1. The highest BCUT2D eigenvalue weighted by molar-refractivity contribution is 14.0. The summed E-state index contributed by atoms with van der Waals surface area (Å²) in [6.07, 6.45) is 2.15.